The summed E-state index contributed by atoms with van der Waals surface area (Å²) in [6.45, 7) is 1.63. The molecule has 9 heteroatoms. The van der Waals surface area contributed by atoms with Crippen LogP contribution in [0.5, 0.6) is 0 Å². The van der Waals surface area contributed by atoms with Crippen LogP contribution in [0.25, 0.3) is 0 Å². The van der Waals surface area contributed by atoms with E-state index in [1.807, 2.05) is 0 Å². The van der Waals surface area contributed by atoms with Crippen molar-refractivity contribution in [2.24, 2.45) is 0 Å². The second kappa shape index (κ2) is 16.6. The first-order valence-corrected chi connectivity index (χ1v) is 14.7. The molecule has 27 heavy (non-hydrogen) atoms. The Morgan fingerprint density at radius 2 is 0.815 bits per heavy atom. The van der Waals surface area contributed by atoms with Crippen LogP contribution in [0.3, 0.4) is 0 Å². The summed E-state index contributed by atoms with van der Waals surface area (Å²) in [5, 5.41) is 2.80. The monoisotopic (exact) mass is 762 g/mol. The number of alkyl halides is 6. The van der Waals surface area contributed by atoms with Gasteiger partial charge in [-0.05, 0) is 36.0 Å². The molecule has 3 unspecified atom stereocenters. The quantitative estimate of drug-likeness (QED) is 0.171. The highest BCUT2D eigenvalue weighted by atomic mass is 79.9. The van der Waals surface area contributed by atoms with E-state index in [9.17, 15) is 0 Å². The van der Waals surface area contributed by atoms with E-state index in [0.717, 1.165) is 51.9 Å². The maximum Gasteiger partial charge on any atom is 0.113 e. The zero-order chi connectivity index (χ0) is 20.1. The molecule has 3 nitrogen and oxygen atoms in total. The third-order valence-corrected chi connectivity index (χ3v) is 6.95. The summed E-state index contributed by atoms with van der Waals surface area (Å²) in [6, 6.07) is 6.40. The number of ether oxygens (including phenoxy) is 3. The summed E-state index contributed by atoms with van der Waals surface area (Å²) in [7, 11) is 0. The van der Waals surface area contributed by atoms with Gasteiger partial charge in [-0.15, -0.1) is 0 Å². The summed E-state index contributed by atoms with van der Waals surface area (Å²) in [5.74, 6) is 0. The standard InChI is InChI=1S/C18H24Br6O3/c19-4-1-16(22)25-10-13-7-14(11-26-17(23)2-5-20)9-15(8-13)12-27-18(24)3-6-21/h7-9,16-18H,1-6,10-12H2. The first-order valence-electron chi connectivity index (χ1n) is 8.55. The number of benzene rings is 1. The molecule has 0 fully saturated rings. The molecule has 1 aromatic rings. The zero-order valence-electron chi connectivity index (χ0n) is 14.8. The smallest absolute Gasteiger partial charge is 0.113 e. The number of rotatable bonds is 15. The van der Waals surface area contributed by atoms with Crippen LogP contribution >= 0.6 is 95.6 Å². The zero-order valence-corrected chi connectivity index (χ0v) is 24.3. The van der Waals surface area contributed by atoms with Crippen molar-refractivity contribution in [3.8, 4) is 0 Å². The number of halogens is 6. The van der Waals surface area contributed by atoms with Crippen molar-refractivity contribution >= 4 is 95.6 Å². The van der Waals surface area contributed by atoms with E-state index in [0.29, 0.717) is 19.8 Å². The van der Waals surface area contributed by atoms with Crippen molar-refractivity contribution in [2.75, 3.05) is 16.0 Å². The predicted octanol–water partition coefficient (Wildman–Crippen LogP) is 7.75. The van der Waals surface area contributed by atoms with Crippen LogP contribution < -0.4 is 0 Å². The Morgan fingerprint density at radius 1 is 0.556 bits per heavy atom. The molecule has 0 radical (unpaired) electrons. The van der Waals surface area contributed by atoms with Crippen LogP contribution in [0, 0.1) is 0 Å². The Morgan fingerprint density at radius 3 is 1.04 bits per heavy atom. The minimum Gasteiger partial charge on any atom is -0.362 e. The van der Waals surface area contributed by atoms with Crippen LogP contribution in [0.15, 0.2) is 18.2 Å². The minimum atomic E-state index is 0.0354. The second-order valence-corrected chi connectivity index (χ2v) is 11.2. The van der Waals surface area contributed by atoms with Crippen molar-refractivity contribution in [3.05, 3.63) is 34.9 Å². The van der Waals surface area contributed by atoms with Gasteiger partial charge < -0.3 is 14.2 Å². The van der Waals surface area contributed by atoms with E-state index >= 15 is 0 Å². The molecule has 0 heterocycles. The highest BCUT2D eigenvalue weighted by molar-refractivity contribution is 9.10. The molecule has 0 spiro atoms. The molecular weight excluding hydrogens is 744 g/mol. The Balaban J connectivity index is 2.76. The Bertz CT molecular complexity index is 436. The largest absolute Gasteiger partial charge is 0.362 e. The summed E-state index contributed by atoms with van der Waals surface area (Å²) in [6.07, 6.45) is 2.73. The first kappa shape index (κ1) is 27.0. The van der Waals surface area contributed by atoms with Gasteiger partial charge in [0, 0.05) is 16.0 Å². The maximum absolute atomic E-state index is 5.88. The molecule has 0 bridgehead atoms. The normalized spacial score (nSPS) is 14.9. The van der Waals surface area contributed by atoms with Crippen molar-refractivity contribution in [2.45, 2.75) is 54.1 Å². The van der Waals surface area contributed by atoms with E-state index in [2.05, 4.69) is 114 Å². The van der Waals surface area contributed by atoms with E-state index in [1.54, 1.807) is 0 Å². The molecule has 1 aromatic carbocycles. The van der Waals surface area contributed by atoms with Crippen molar-refractivity contribution in [3.63, 3.8) is 0 Å². The molecule has 0 saturated carbocycles. The van der Waals surface area contributed by atoms with Gasteiger partial charge in [0.2, 0.25) is 0 Å². The molecule has 0 saturated heterocycles. The molecular formula is C18H24Br6O3. The SMILES string of the molecule is BrCCC(Br)OCc1cc(COC(Br)CCBr)cc(COC(Br)CCBr)c1. The van der Waals surface area contributed by atoms with Gasteiger partial charge in [0.05, 0.1) is 19.8 Å². The molecule has 0 aliphatic rings. The van der Waals surface area contributed by atoms with Gasteiger partial charge in [0.15, 0.2) is 0 Å². The summed E-state index contributed by atoms with van der Waals surface area (Å²) < 4.78 is 17.6. The Hall–Kier alpha value is 1.98. The fourth-order valence-electron chi connectivity index (χ4n) is 2.16. The molecule has 0 aliphatic carbocycles. The van der Waals surface area contributed by atoms with E-state index < -0.39 is 0 Å². The topological polar surface area (TPSA) is 27.7 Å². The predicted molar refractivity (Wildman–Crippen MR) is 134 cm³/mol. The van der Waals surface area contributed by atoms with E-state index in [4.69, 9.17) is 14.2 Å². The fourth-order valence-corrected chi connectivity index (χ4v) is 6.33. The maximum atomic E-state index is 5.88. The third-order valence-electron chi connectivity index (χ3n) is 3.41. The van der Waals surface area contributed by atoms with Gasteiger partial charge in [0.25, 0.3) is 0 Å². The van der Waals surface area contributed by atoms with Crippen LogP contribution in [0.2, 0.25) is 0 Å². The summed E-state index contributed by atoms with van der Waals surface area (Å²) in [4.78, 5) is 0. The minimum absolute atomic E-state index is 0.0354. The van der Waals surface area contributed by atoms with Crippen LogP contribution in [0.4, 0.5) is 0 Å². The Labute approximate surface area is 212 Å². The van der Waals surface area contributed by atoms with Gasteiger partial charge in [-0.1, -0.05) is 114 Å². The Kier molecular flexibility index (Phi) is 16.7. The van der Waals surface area contributed by atoms with Gasteiger partial charge in [-0.3, -0.25) is 0 Å². The highest BCUT2D eigenvalue weighted by Crippen LogP contribution is 2.20. The molecule has 0 aromatic heterocycles. The van der Waals surface area contributed by atoms with Crippen LogP contribution in [-0.2, 0) is 34.0 Å². The van der Waals surface area contributed by atoms with E-state index in [-0.39, 0.29) is 15.0 Å². The fraction of sp³-hybridized carbons (Fsp3) is 0.667. The molecule has 0 N–H and O–H groups in total. The van der Waals surface area contributed by atoms with Crippen molar-refractivity contribution < 1.29 is 14.2 Å². The molecule has 0 amide bonds. The van der Waals surface area contributed by atoms with Crippen molar-refractivity contribution in [1.29, 1.82) is 0 Å². The lowest BCUT2D eigenvalue weighted by atomic mass is 10.1. The lowest BCUT2D eigenvalue weighted by molar-refractivity contribution is 0.0948. The average molecular weight is 768 g/mol. The molecule has 3 atom stereocenters. The third kappa shape index (κ3) is 13.1. The average Bonchev–Trinajstić information content (AvgIpc) is 2.64. The molecule has 0 aliphatic heterocycles. The highest BCUT2D eigenvalue weighted by Gasteiger charge is 2.10. The van der Waals surface area contributed by atoms with E-state index in [1.165, 1.54) is 0 Å². The first-order chi connectivity index (χ1) is 13.0. The van der Waals surface area contributed by atoms with Crippen LogP contribution in [-0.4, -0.2) is 31.0 Å². The lowest BCUT2D eigenvalue weighted by Gasteiger charge is -2.16. The summed E-state index contributed by atoms with van der Waals surface area (Å²) >= 11 is 20.9. The van der Waals surface area contributed by atoms with Crippen molar-refractivity contribution in [1.82, 2.24) is 0 Å². The lowest BCUT2D eigenvalue weighted by Crippen LogP contribution is -2.09. The molecule has 1 rings (SSSR count). The number of hydrogen-bond acceptors (Lipinski definition) is 3. The second-order valence-electron chi connectivity index (χ2n) is 5.75. The van der Waals surface area contributed by atoms with Gasteiger partial charge >= 0.3 is 0 Å². The van der Waals surface area contributed by atoms with Gasteiger partial charge in [-0.2, -0.15) is 0 Å². The van der Waals surface area contributed by atoms with Gasteiger partial charge in [-0.25, -0.2) is 0 Å². The number of hydrogen-bond donors (Lipinski definition) is 0. The summed E-state index contributed by atoms with van der Waals surface area (Å²) in [5.41, 5.74) is 3.35. The van der Waals surface area contributed by atoms with Crippen LogP contribution in [0.1, 0.15) is 36.0 Å². The molecule has 156 valence electrons. The van der Waals surface area contributed by atoms with Gasteiger partial charge in [0.1, 0.15) is 15.0 Å².